The predicted octanol–water partition coefficient (Wildman–Crippen LogP) is 3.24. The molecule has 1 N–H and O–H groups in total. The summed E-state index contributed by atoms with van der Waals surface area (Å²) in [6.45, 7) is 2.72. The summed E-state index contributed by atoms with van der Waals surface area (Å²) in [5.41, 5.74) is 1.24. The highest BCUT2D eigenvalue weighted by Gasteiger charge is 2.24. The largest absolute Gasteiger partial charge is 0.362 e. The number of rotatable bonds is 6. The fourth-order valence-corrected chi connectivity index (χ4v) is 3.06. The number of pyridine rings is 1. The van der Waals surface area contributed by atoms with E-state index in [0.29, 0.717) is 12.4 Å². The summed E-state index contributed by atoms with van der Waals surface area (Å²) in [6, 6.07) is 13.5. The van der Waals surface area contributed by atoms with E-state index in [2.05, 4.69) is 27.3 Å². The van der Waals surface area contributed by atoms with Gasteiger partial charge >= 0.3 is 5.69 Å². The Balaban J connectivity index is 1.78. The maximum Gasteiger partial charge on any atom is 0.311 e. The zero-order valence-electron chi connectivity index (χ0n) is 12.9. The molecule has 1 saturated heterocycles. The van der Waals surface area contributed by atoms with Crippen LogP contribution in [0.2, 0.25) is 0 Å². The van der Waals surface area contributed by atoms with Gasteiger partial charge in [-0.1, -0.05) is 30.3 Å². The van der Waals surface area contributed by atoms with Crippen LogP contribution >= 0.6 is 0 Å². The molecule has 2 heterocycles. The molecule has 0 unspecified atom stereocenters. The fourth-order valence-electron chi connectivity index (χ4n) is 3.06. The van der Waals surface area contributed by atoms with Gasteiger partial charge in [0.2, 0.25) is 5.82 Å². The number of hydrogen-bond donors (Lipinski definition) is 1. The Morgan fingerprint density at radius 2 is 1.91 bits per heavy atom. The lowest BCUT2D eigenvalue weighted by Gasteiger charge is -2.28. The van der Waals surface area contributed by atoms with Crippen LogP contribution in [0.3, 0.4) is 0 Å². The summed E-state index contributed by atoms with van der Waals surface area (Å²) in [4.78, 5) is 17.3. The lowest BCUT2D eigenvalue weighted by atomic mass is 10.1. The molecular weight excluding hydrogens is 292 g/mol. The molecule has 0 amide bonds. The van der Waals surface area contributed by atoms with E-state index in [4.69, 9.17) is 0 Å². The van der Waals surface area contributed by atoms with Crippen LogP contribution < -0.4 is 5.32 Å². The van der Waals surface area contributed by atoms with Crippen molar-refractivity contribution in [1.82, 2.24) is 9.88 Å². The third-order valence-corrected chi connectivity index (χ3v) is 4.21. The lowest BCUT2D eigenvalue weighted by Crippen LogP contribution is -2.31. The number of likely N-dealkylation sites (tertiary alicyclic amines) is 1. The molecular formula is C17H20N4O2. The molecule has 1 aromatic carbocycles. The van der Waals surface area contributed by atoms with Crippen molar-refractivity contribution in [2.45, 2.75) is 18.9 Å². The van der Waals surface area contributed by atoms with Crippen molar-refractivity contribution in [3.05, 3.63) is 64.3 Å². The second-order valence-corrected chi connectivity index (χ2v) is 5.68. The number of nitro groups is 1. The van der Waals surface area contributed by atoms with Crippen LogP contribution in [0.25, 0.3) is 0 Å². The zero-order valence-corrected chi connectivity index (χ0v) is 12.9. The molecule has 23 heavy (non-hydrogen) atoms. The molecule has 0 spiro atoms. The van der Waals surface area contributed by atoms with Gasteiger partial charge in [0.1, 0.15) is 0 Å². The Morgan fingerprint density at radius 1 is 1.17 bits per heavy atom. The highest BCUT2D eigenvalue weighted by atomic mass is 16.6. The quantitative estimate of drug-likeness (QED) is 0.655. The maximum atomic E-state index is 11.1. The molecule has 1 aliphatic heterocycles. The van der Waals surface area contributed by atoms with E-state index in [-0.39, 0.29) is 11.7 Å². The Morgan fingerprint density at radius 3 is 2.61 bits per heavy atom. The van der Waals surface area contributed by atoms with E-state index < -0.39 is 4.92 Å². The highest BCUT2D eigenvalue weighted by molar-refractivity contribution is 5.55. The molecule has 0 radical (unpaired) electrons. The molecule has 2 aromatic rings. The van der Waals surface area contributed by atoms with Gasteiger partial charge in [0.05, 0.1) is 11.0 Å². The molecule has 1 fully saturated rings. The maximum absolute atomic E-state index is 11.1. The van der Waals surface area contributed by atoms with Crippen LogP contribution in [-0.2, 0) is 0 Å². The summed E-state index contributed by atoms with van der Waals surface area (Å²) in [5.74, 6) is 0.331. The van der Waals surface area contributed by atoms with Gasteiger partial charge in [-0.25, -0.2) is 4.98 Å². The number of nitrogens with zero attached hydrogens (tertiary/aromatic N) is 3. The highest BCUT2D eigenvalue weighted by Crippen LogP contribution is 2.27. The Labute approximate surface area is 135 Å². The second kappa shape index (κ2) is 7.19. The molecule has 1 atom stereocenters. The van der Waals surface area contributed by atoms with E-state index in [0.717, 1.165) is 13.1 Å². The first-order chi connectivity index (χ1) is 11.3. The molecule has 1 aromatic heterocycles. The van der Waals surface area contributed by atoms with Crippen molar-refractivity contribution in [3.8, 4) is 0 Å². The van der Waals surface area contributed by atoms with Gasteiger partial charge in [0.15, 0.2) is 0 Å². The third-order valence-electron chi connectivity index (χ3n) is 4.21. The van der Waals surface area contributed by atoms with Gasteiger partial charge in [-0.15, -0.1) is 0 Å². The van der Waals surface area contributed by atoms with Crippen molar-refractivity contribution < 1.29 is 4.92 Å². The molecule has 0 bridgehead atoms. The summed E-state index contributed by atoms with van der Waals surface area (Å²) < 4.78 is 0. The first-order valence-corrected chi connectivity index (χ1v) is 7.88. The van der Waals surface area contributed by atoms with Crippen LogP contribution in [0.4, 0.5) is 11.5 Å². The summed E-state index contributed by atoms with van der Waals surface area (Å²) >= 11 is 0. The standard InChI is InChI=1S/C17H20N4O2/c22-21(23)15-9-6-10-18-17(15)19-13-16(20-11-4-5-12-20)14-7-2-1-3-8-14/h1-3,6-10,16H,4-5,11-13H2,(H,18,19)/t16-/m1/s1. The van der Waals surface area contributed by atoms with Gasteiger partial charge in [-0.2, -0.15) is 0 Å². The van der Waals surface area contributed by atoms with Gasteiger partial charge in [-0.3, -0.25) is 15.0 Å². The molecule has 120 valence electrons. The Bertz CT molecular complexity index is 657. The smallest absolute Gasteiger partial charge is 0.311 e. The Hall–Kier alpha value is -2.47. The van der Waals surface area contributed by atoms with Gasteiger partial charge in [-0.05, 0) is 37.6 Å². The molecule has 6 heteroatoms. The minimum absolute atomic E-state index is 0.0146. The van der Waals surface area contributed by atoms with Crippen molar-refractivity contribution in [2.24, 2.45) is 0 Å². The number of nitrogens with one attached hydrogen (secondary N) is 1. The summed E-state index contributed by atoms with van der Waals surface area (Å²) in [7, 11) is 0. The van der Waals surface area contributed by atoms with Crippen molar-refractivity contribution in [2.75, 3.05) is 25.0 Å². The van der Waals surface area contributed by atoms with E-state index in [1.165, 1.54) is 24.5 Å². The van der Waals surface area contributed by atoms with Crippen LogP contribution in [0.15, 0.2) is 48.7 Å². The van der Waals surface area contributed by atoms with Crippen LogP contribution in [0, 0.1) is 10.1 Å². The van der Waals surface area contributed by atoms with Gasteiger partial charge < -0.3 is 5.32 Å². The molecule has 0 saturated carbocycles. The molecule has 0 aliphatic carbocycles. The predicted molar refractivity (Wildman–Crippen MR) is 89.4 cm³/mol. The van der Waals surface area contributed by atoms with Gasteiger partial charge in [0.25, 0.3) is 0 Å². The number of anilines is 1. The first-order valence-electron chi connectivity index (χ1n) is 7.88. The molecule has 6 nitrogen and oxygen atoms in total. The lowest BCUT2D eigenvalue weighted by molar-refractivity contribution is -0.384. The van der Waals surface area contributed by atoms with Gasteiger partial charge in [0, 0.05) is 18.8 Å². The number of hydrogen-bond acceptors (Lipinski definition) is 5. The topological polar surface area (TPSA) is 71.3 Å². The minimum Gasteiger partial charge on any atom is -0.362 e. The fraction of sp³-hybridized carbons (Fsp3) is 0.353. The summed E-state index contributed by atoms with van der Waals surface area (Å²) in [6.07, 6.45) is 3.98. The van der Waals surface area contributed by atoms with Crippen LogP contribution in [-0.4, -0.2) is 34.4 Å². The summed E-state index contributed by atoms with van der Waals surface area (Å²) in [5, 5.41) is 14.3. The van der Waals surface area contributed by atoms with E-state index in [1.54, 1.807) is 12.3 Å². The third kappa shape index (κ3) is 3.65. The number of aromatic nitrogens is 1. The van der Waals surface area contributed by atoms with E-state index in [9.17, 15) is 10.1 Å². The minimum atomic E-state index is -0.400. The number of benzene rings is 1. The van der Waals surface area contributed by atoms with E-state index in [1.807, 2.05) is 18.2 Å². The van der Waals surface area contributed by atoms with Crippen molar-refractivity contribution in [3.63, 3.8) is 0 Å². The average Bonchev–Trinajstić information content (AvgIpc) is 3.10. The van der Waals surface area contributed by atoms with Crippen LogP contribution in [0.5, 0.6) is 0 Å². The normalized spacial score (nSPS) is 16.2. The van der Waals surface area contributed by atoms with Crippen molar-refractivity contribution in [1.29, 1.82) is 0 Å². The van der Waals surface area contributed by atoms with Crippen molar-refractivity contribution >= 4 is 11.5 Å². The van der Waals surface area contributed by atoms with Crippen LogP contribution in [0.1, 0.15) is 24.4 Å². The molecule has 3 rings (SSSR count). The Kier molecular flexibility index (Phi) is 4.83. The zero-order chi connectivity index (χ0) is 16.1. The average molecular weight is 312 g/mol. The second-order valence-electron chi connectivity index (χ2n) is 5.68. The monoisotopic (exact) mass is 312 g/mol. The SMILES string of the molecule is O=[N+]([O-])c1cccnc1NC[C@H](c1ccccc1)N1CCCC1. The first kappa shape index (κ1) is 15.4. The van der Waals surface area contributed by atoms with E-state index >= 15 is 0 Å². The molecule has 1 aliphatic rings.